The number of likely N-dealkylation sites (tertiary alicyclic amines) is 1. The molecule has 0 saturated carbocycles. The van der Waals surface area contributed by atoms with Crippen LogP contribution in [0.4, 0.5) is 0 Å². The normalized spacial score (nSPS) is 17.0. The predicted molar refractivity (Wildman–Crippen MR) is 109 cm³/mol. The van der Waals surface area contributed by atoms with Crippen molar-refractivity contribution in [1.29, 1.82) is 0 Å². The largest absolute Gasteiger partial charge is 0.497 e. The summed E-state index contributed by atoms with van der Waals surface area (Å²) in [5, 5.41) is 0.681. The summed E-state index contributed by atoms with van der Waals surface area (Å²) >= 11 is 6.09. The Kier molecular flexibility index (Phi) is 5.55. The molecule has 1 aliphatic rings. The third-order valence-corrected chi connectivity index (χ3v) is 5.40. The Bertz CT molecular complexity index is 956. The van der Waals surface area contributed by atoms with Crippen LogP contribution in [0.15, 0.2) is 53.1 Å². The first-order valence-corrected chi connectivity index (χ1v) is 9.72. The fourth-order valence-electron chi connectivity index (χ4n) is 3.80. The third-order valence-electron chi connectivity index (χ3n) is 5.16. The zero-order valence-electron chi connectivity index (χ0n) is 16.0. The summed E-state index contributed by atoms with van der Waals surface area (Å²) in [7, 11) is 3.39. The molecule has 4 rings (SSSR count). The smallest absolute Gasteiger partial charge is 0.209 e. The van der Waals surface area contributed by atoms with Crippen molar-refractivity contribution in [1.82, 2.24) is 9.88 Å². The Hall–Kier alpha value is -2.50. The number of rotatable bonds is 6. The van der Waals surface area contributed by atoms with Gasteiger partial charge in [0.2, 0.25) is 5.89 Å². The Morgan fingerprint density at radius 3 is 2.86 bits per heavy atom. The molecule has 6 heteroatoms. The second-order valence-electron chi connectivity index (χ2n) is 6.86. The number of benzene rings is 2. The molecule has 1 saturated heterocycles. The minimum atomic E-state index is 0.242. The van der Waals surface area contributed by atoms with E-state index in [0.29, 0.717) is 17.5 Å². The number of aromatic nitrogens is 1. The first kappa shape index (κ1) is 18.8. The Morgan fingerprint density at radius 2 is 2.07 bits per heavy atom. The minimum absolute atomic E-state index is 0.242. The standard InChI is InChI=1S/C22H23ClN2O3/c1-26-17-8-9-20(27-2)18(12-17)19-7-4-10-25(19)14-22-24-13-21(28-22)15-5-3-6-16(23)11-15/h3,5-6,8-9,11-13,19H,4,7,10,14H2,1-2H3. The molecule has 0 aliphatic carbocycles. The third kappa shape index (κ3) is 3.86. The summed E-state index contributed by atoms with van der Waals surface area (Å²) < 4.78 is 17.0. The van der Waals surface area contributed by atoms with E-state index in [1.54, 1.807) is 20.4 Å². The van der Waals surface area contributed by atoms with Gasteiger partial charge in [0.1, 0.15) is 11.5 Å². The van der Waals surface area contributed by atoms with Crippen molar-refractivity contribution in [3.8, 4) is 22.8 Å². The van der Waals surface area contributed by atoms with E-state index in [0.717, 1.165) is 47.8 Å². The molecule has 0 bridgehead atoms. The summed E-state index contributed by atoms with van der Waals surface area (Å²) in [4.78, 5) is 6.86. The van der Waals surface area contributed by atoms with E-state index >= 15 is 0 Å². The fraction of sp³-hybridized carbons (Fsp3) is 0.318. The van der Waals surface area contributed by atoms with Crippen molar-refractivity contribution < 1.29 is 13.9 Å². The maximum atomic E-state index is 6.09. The van der Waals surface area contributed by atoms with Gasteiger partial charge in [0.05, 0.1) is 27.0 Å². The maximum Gasteiger partial charge on any atom is 0.209 e. The molecule has 1 unspecified atom stereocenters. The second-order valence-corrected chi connectivity index (χ2v) is 7.30. The van der Waals surface area contributed by atoms with E-state index in [2.05, 4.69) is 16.0 Å². The van der Waals surface area contributed by atoms with Crippen LogP contribution in [0.2, 0.25) is 5.02 Å². The lowest BCUT2D eigenvalue weighted by molar-refractivity contribution is 0.220. The average Bonchev–Trinajstić information content (AvgIpc) is 3.37. The van der Waals surface area contributed by atoms with Gasteiger partial charge in [-0.25, -0.2) is 4.98 Å². The molecule has 146 valence electrons. The summed E-state index contributed by atoms with van der Waals surface area (Å²) in [6.45, 7) is 1.63. The van der Waals surface area contributed by atoms with Gasteiger partial charge in [0, 0.05) is 22.2 Å². The molecular formula is C22H23ClN2O3. The predicted octanol–water partition coefficient (Wildman–Crippen LogP) is 5.35. The summed E-state index contributed by atoms with van der Waals surface area (Å²) in [5.41, 5.74) is 2.07. The number of oxazole rings is 1. The number of hydrogen-bond donors (Lipinski definition) is 0. The minimum Gasteiger partial charge on any atom is -0.497 e. The van der Waals surface area contributed by atoms with Gasteiger partial charge in [-0.3, -0.25) is 4.90 Å². The lowest BCUT2D eigenvalue weighted by Crippen LogP contribution is -2.23. The average molecular weight is 399 g/mol. The quantitative estimate of drug-likeness (QED) is 0.560. The summed E-state index contributed by atoms with van der Waals surface area (Å²) in [6.07, 6.45) is 3.94. The van der Waals surface area contributed by atoms with Crippen LogP contribution in [-0.4, -0.2) is 30.6 Å². The zero-order chi connectivity index (χ0) is 19.5. The van der Waals surface area contributed by atoms with E-state index in [9.17, 15) is 0 Å². The van der Waals surface area contributed by atoms with Gasteiger partial charge in [-0.1, -0.05) is 23.7 Å². The molecule has 0 amide bonds. The van der Waals surface area contributed by atoms with Crippen LogP contribution in [-0.2, 0) is 6.54 Å². The number of methoxy groups -OCH3 is 2. The number of ether oxygens (including phenoxy) is 2. The molecule has 1 atom stereocenters. The van der Waals surface area contributed by atoms with Gasteiger partial charge in [-0.15, -0.1) is 0 Å². The SMILES string of the molecule is COc1ccc(OC)c(C2CCCN2Cc2ncc(-c3cccc(Cl)c3)o2)c1. The lowest BCUT2D eigenvalue weighted by Gasteiger charge is -2.25. The number of hydrogen-bond acceptors (Lipinski definition) is 5. The van der Waals surface area contributed by atoms with Crippen molar-refractivity contribution >= 4 is 11.6 Å². The van der Waals surface area contributed by atoms with Crippen LogP contribution in [0, 0.1) is 0 Å². The van der Waals surface area contributed by atoms with Crippen molar-refractivity contribution in [2.75, 3.05) is 20.8 Å². The lowest BCUT2D eigenvalue weighted by atomic mass is 10.0. The van der Waals surface area contributed by atoms with Gasteiger partial charge in [0.25, 0.3) is 0 Å². The molecule has 0 spiro atoms. The van der Waals surface area contributed by atoms with Gasteiger partial charge in [-0.2, -0.15) is 0 Å². The molecule has 3 aromatic rings. The number of nitrogens with zero attached hydrogens (tertiary/aromatic N) is 2. The molecule has 5 nitrogen and oxygen atoms in total. The van der Waals surface area contributed by atoms with Crippen molar-refractivity contribution in [3.63, 3.8) is 0 Å². The van der Waals surface area contributed by atoms with E-state index in [4.69, 9.17) is 25.5 Å². The molecule has 1 aromatic heterocycles. The Balaban J connectivity index is 1.55. The summed E-state index contributed by atoms with van der Waals surface area (Å²) in [6, 6.07) is 13.8. The van der Waals surface area contributed by atoms with Crippen molar-refractivity contribution in [3.05, 3.63) is 65.1 Å². The topological polar surface area (TPSA) is 47.7 Å². The van der Waals surface area contributed by atoms with E-state index in [-0.39, 0.29) is 6.04 Å². The van der Waals surface area contributed by atoms with Crippen LogP contribution >= 0.6 is 11.6 Å². The fourth-order valence-corrected chi connectivity index (χ4v) is 3.99. The van der Waals surface area contributed by atoms with Gasteiger partial charge >= 0.3 is 0 Å². The van der Waals surface area contributed by atoms with Crippen LogP contribution < -0.4 is 9.47 Å². The van der Waals surface area contributed by atoms with Gasteiger partial charge in [-0.05, 0) is 49.7 Å². The highest BCUT2D eigenvalue weighted by Gasteiger charge is 2.30. The molecule has 2 heterocycles. The maximum absolute atomic E-state index is 6.09. The zero-order valence-corrected chi connectivity index (χ0v) is 16.8. The molecule has 28 heavy (non-hydrogen) atoms. The van der Waals surface area contributed by atoms with Gasteiger partial charge in [0.15, 0.2) is 5.76 Å². The van der Waals surface area contributed by atoms with Crippen molar-refractivity contribution in [2.24, 2.45) is 0 Å². The monoisotopic (exact) mass is 398 g/mol. The molecule has 0 radical (unpaired) electrons. The highest BCUT2D eigenvalue weighted by Crippen LogP contribution is 2.39. The van der Waals surface area contributed by atoms with E-state index < -0.39 is 0 Å². The van der Waals surface area contributed by atoms with Crippen LogP contribution in [0.3, 0.4) is 0 Å². The molecule has 1 fully saturated rings. The summed E-state index contributed by atoms with van der Waals surface area (Å²) in [5.74, 6) is 3.14. The van der Waals surface area contributed by atoms with E-state index in [1.807, 2.05) is 36.4 Å². The first-order valence-electron chi connectivity index (χ1n) is 9.34. The van der Waals surface area contributed by atoms with Crippen LogP contribution in [0.5, 0.6) is 11.5 Å². The highest BCUT2D eigenvalue weighted by atomic mass is 35.5. The molecular weight excluding hydrogens is 376 g/mol. The molecule has 1 aliphatic heterocycles. The molecule has 0 N–H and O–H groups in total. The van der Waals surface area contributed by atoms with Crippen molar-refractivity contribution in [2.45, 2.75) is 25.4 Å². The van der Waals surface area contributed by atoms with Crippen LogP contribution in [0.25, 0.3) is 11.3 Å². The Labute approximate surface area is 169 Å². The van der Waals surface area contributed by atoms with Crippen LogP contribution in [0.1, 0.15) is 30.3 Å². The second kappa shape index (κ2) is 8.25. The van der Waals surface area contributed by atoms with E-state index in [1.165, 1.54) is 0 Å². The first-order chi connectivity index (χ1) is 13.7. The number of halogens is 1. The molecule has 2 aromatic carbocycles. The van der Waals surface area contributed by atoms with Gasteiger partial charge < -0.3 is 13.9 Å². The Morgan fingerprint density at radius 1 is 1.18 bits per heavy atom. The highest BCUT2D eigenvalue weighted by molar-refractivity contribution is 6.30.